The third-order valence-corrected chi connectivity index (χ3v) is 18.9. The Morgan fingerprint density at radius 3 is 1.74 bits per heavy atom. The zero-order valence-electron chi connectivity index (χ0n) is 44.3. The van der Waals surface area contributed by atoms with Gasteiger partial charge in [0, 0.05) is 43.1 Å². The zero-order valence-corrected chi connectivity index (χ0v) is 45.1. The maximum absolute atomic E-state index is 2.81. The third kappa shape index (κ3) is 6.78. The highest BCUT2D eigenvalue weighted by molar-refractivity contribution is 7.32. The number of thiophene rings is 1. The summed E-state index contributed by atoms with van der Waals surface area (Å²) in [6.07, 6.45) is 4.73. The normalized spacial score (nSPS) is 18.3. The lowest BCUT2D eigenvalue weighted by Gasteiger charge is -2.47. The number of rotatable bonds is 3. The van der Waals surface area contributed by atoms with E-state index in [0.717, 1.165) is 0 Å². The summed E-state index contributed by atoms with van der Waals surface area (Å²) in [4.78, 5) is 5.55. The van der Waals surface area contributed by atoms with Crippen molar-refractivity contribution in [3.8, 4) is 22.3 Å². The van der Waals surface area contributed by atoms with Crippen LogP contribution < -0.4 is 20.0 Å². The Hall–Kier alpha value is -5.58. The van der Waals surface area contributed by atoms with E-state index in [1.165, 1.54) is 141 Å². The highest BCUT2D eigenvalue weighted by Crippen LogP contribution is 2.57. The molecule has 7 aromatic carbocycles. The molecule has 2 aliphatic heterocycles. The smallest absolute Gasteiger partial charge is 0.343 e. The summed E-state index contributed by atoms with van der Waals surface area (Å²) in [5.41, 5.74) is 22.0. The zero-order chi connectivity index (χ0) is 49.2. The van der Waals surface area contributed by atoms with E-state index in [0.29, 0.717) is 0 Å². The predicted molar refractivity (Wildman–Crippen MR) is 306 cm³/mol. The van der Waals surface area contributed by atoms with Crippen molar-refractivity contribution < 1.29 is 0 Å². The quantitative estimate of drug-likeness (QED) is 0.163. The lowest BCUT2D eigenvalue weighted by atomic mass is 9.46. The molecule has 0 unspecified atom stereocenters. The minimum absolute atomic E-state index is 0.0242. The van der Waals surface area contributed by atoms with Crippen LogP contribution >= 0.6 is 11.3 Å². The summed E-state index contributed by atoms with van der Waals surface area (Å²) in [6, 6.07) is 50.7. The van der Waals surface area contributed by atoms with E-state index in [9.17, 15) is 0 Å². The summed E-state index contributed by atoms with van der Waals surface area (Å²) < 4.78 is 2.80. The Morgan fingerprint density at radius 2 is 1.07 bits per heavy atom. The van der Waals surface area contributed by atoms with E-state index in [-0.39, 0.29) is 39.3 Å². The minimum atomic E-state index is -0.0780. The first kappa shape index (κ1) is 45.6. The van der Waals surface area contributed by atoms with Gasteiger partial charge in [-0.1, -0.05) is 176 Å². The standard InChI is InChI=1S/C66H71BN2S/c1-61(2,3)42-25-29-53(47(35-42)40-20-16-15-17-21-40)68-55-34-41-22-18-19-23-45(41)57-46-27-24-43(62(4,5)6)36-54(46)69(44-26-28-49-50(37-44)64(9,10)31-30-63(49,7)8)67(58(55)57)60-59(68)48-38-51-52(39-56(48)70-60)66(13,14)33-32-65(51,11)12/h15-29,34-39H,30-33H2,1-14H3. The molecule has 4 aliphatic rings. The summed E-state index contributed by atoms with van der Waals surface area (Å²) in [7, 11) is 0. The summed E-state index contributed by atoms with van der Waals surface area (Å²) in [6.45, 7) is 33.9. The second kappa shape index (κ2) is 15.0. The maximum Gasteiger partial charge on any atom is 0.343 e. The highest BCUT2D eigenvalue weighted by Gasteiger charge is 2.50. The Bertz CT molecular complexity index is 3480. The van der Waals surface area contributed by atoms with E-state index in [4.69, 9.17) is 0 Å². The molecule has 0 bridgehead atoms. The fraction of sp³-hybridized carbons (Fsp3) is 0.364. The fourth-order valence-corrected chi connectivity index (χ4v) is 14.3. The van der Waals surface area contributed by atoms with Gasteiger partial charge >= 0.3 is 6.85 Å². The second-order valence-corrected chi connectivity index (χ2v) is 27.4. The molecule has 0 saturated heterocycles. The van der Waals surface area contributed by atoms with Crippen molar-refractivity contribution in [2.45, 2.75) is 155 Å². The monoisotopic (exact) mass is 935 g/mol. The summed E-state index contributed by atoms with van der Waals surface area (Å²) in [5.74, 6) is 0. The van der Waals surface area contributed by atoms with Crippen molar-refractivity contribution in [1.82, 2.24) is 0 Å². The van der Waals surface area contributed by atoms with Crippen LogP contribution in [0.25, 0.3) is 43.1 Å². The van der Waals surface area contributed by atoms with Crippen molar-refractivity contribution >= 4 is 77.7 Å². The molecule has 70 heavy (non-hydrogen) atoms. The van der Waals surface area contributed by atoms with E-state index in [1.807, 2.05) is 0 Å². The lowest BCUT2D eigenvalue weighted by Crippen LogP contribution is -2.60. The van der Waals surface area contributed by atoms with E-state index in [2.05, 4.69) is 245 Å². The molecule has 0 atom stereocenters. The molecule has 0 N–H and O–H groups in total. The average Bonchev–Trinajstić information content (AvgIpc) is 3.69. The molecule has 0 spiro atoms. The van der Waals surface area contributed by atoms with Gasteiger partial charge in [-0.3, -0.25) is 0 Å². The van der Waals surface area contributed by atoms with Gasteiger partial charge in [0.15, 0.2) is 0 Å². The molecular weight excluding hydrogens is 864 g/mol. The van der Waals surface area contributed by atoms with Gasteiger partial charge in [-0.25, -0.2) is 0 Å². The summed E-state index contributed by atoms with van der Waals surface area (Å²) in [5, 5.41) is 3.96. The molecule has 0 radical (unpaired) electrons. The molecule has 2 nitrogen and oxygen atoms in total. The predicted octanol–water partition coefficient (Wildman–Crippen LogP) is 17.7. The Kier molecular flexibility index (Phi) is 9.75. The highest BCUT2D eigenvalue weighted by atomic mass is 32.1. The van der Waals surface area contributed by atoms with E-state index >= 15 is 0 Å². The van der Waals surface area contributed by atoms with Crippen LogP contribution in [0.5, 0.6) is 0 Å². The van der Waals surface area contributed by atoms with Crippen LogP contribution in [0, 0.1) is 0 Å². The van der Waals surface area contributed by atoms with E-state index in [1.54, 1.807) is 0 Å². The van der Waals surface area contributed by atoms with Crippen molar-refractivity contribution in [2.24, 2.45) is 0 Å². The van der Waals surface area contributed by atoms with Crippen LogP contribution in [0.1, 0.15) is 156 Å². The van der Waals surface area contributed by atoms with E-state index < -0.39 is 0 Å². The topological polar surface area (TPSA) is 6.48 Å². The second-order valence-electron chi connectivity index (χ2n) is 26.3. The van der Waals surface area contributed by atoms with Gasteiger partial charge in [-0.2, -0.15) is 0 Å². The molecule has 8 aromatic rings. The van der Waals surface area contributed by atoms with Crippen molar-refractivity contribution in [3.05, 3.63) is 161 Å². The number of nitrogens with zero attached hydrogens (tertiary/aromatic N) is 2. The molecule has 1 aromatic heterocycles. The molecule has 0 amide bonds. The van der Waals surface area contributed by atoms with Crippen molar-refractivity contribution in [3.63, 3.8) is 0 Å². The lowest BCUT2D eigenvalue weighted by molar-refractivity contribution is 0.332. The van der Waals surface area contributed by atoms with Gasteiger partial charge < -0.3 is 9.71 Å². The summed E-state index contributed by atoms with van der Waals surface area (Å²) >= 11 is 2.05. The van der Waals surface area contributed by atoms with Gasteiger partial charge in [-0.05, 0) is 167 Å². The first-order valence-corrected chi connectivity index (χ1v) is 27.0. The Morgan fingerprint density at radius 1 is 0.486 bits per heavy atom. The molecule has 12 rings (SSSR count). The SMILES string of the molecule is CC(C)(C)c1ccc(N2c3cc4ccccc4c4c3B(c3sc5cc6c(cc5c32)C(C)(C)CCC6(C)C)N(c2ccc3c(c2)C(C)(C)CCC3(C)C)c2cc(C(C)(C)C)ccc2-4)c(-c2ccccc2)c1. The van der Waals surface area contributed by atoms with Crippen LogP contribution in [0.4, 0.5) is 28.4 Å². The Balaban J connectivity index is 1.27. The van der Waals surface area contributed by atoms with Gasteiger partial charge in [0.25, 0.3) is 0 Å². The number of anilines is 5. The van der Waals surface area contributed by atoms with Crippen LogP contribution in [-0.2, 0) is 32.5 Å². The number of hydrogen-bond donors (Lipinski definition) is 0. The molecule has 0 fully saturated rings. The van der Waals surface area contributed by atoms with Gasteiger partial charge in [0.2, 0.25) is 0 Å². The molecule has 354 valence electrons. The molecule has 4 heteroatoms. The van der Waals surface area contributed by atoms with Crippen LogP contribution in [-0.4, -0.2) is 6.85 Å². The van der Waals surface area contributed by atoms with Crippen LogP contribution in [0.15, 0.2) is 127 Å². The molecular formula is C66H71BN2S. The van der Waals surface area contributed by atoms with Crippen LogP contribution in [0.3, 0.4) is 0 Å². The Labute approximate surface area is 423 Å². The average molecular weight is 935 g/mol. The van der Waals surface area contributed by atoms with Gasteiger partial charge in [0.1, 0.15) is 0 Å². The molecule has 0 saturated carbocycles. The minimum Gasteiger partial charge on any atom is -0.376 e. The fourth-order valence-electron chi connectivity index (χ4n) is 13.0. The van der Waals surface area contributed by atoms with Crippen LogP contribution in [0.2, 0.25) is 0 Å². The maximum atomic E-state index is 2.81. The van der Waals surface area contributed by atoms with Crippen molar-refractivity contribution in [2.75, 3.05) is 9.71 Å². The third-order valence-electron chi connectivity index (χ3n) is 17.7. The number of benzene rings is 7. The van der Waals surface area contributed by atoms with Gasteiger partial charge in [0.05, 0.1) is 11.4 Å². The number of fused-ring (bicyclic) bond motifs is 10. The van der Waals surface area contributed by atoms with Gasteiger partial charge in [-0.15, -0.1) is 11.3 Å². The molecule has 3 heterocycles. The first-order valence-electron chi connectivity index (χ1n) is 26.2. The van der Waals surface area contributed by atoms with Crippen molar-refractivity contribution in [1.29, 1.82) is 0 Å². The molecule has 2 aliphatic carbocycles. The first-order chi connectivity index (χ1) is 32.9. The number of hydrogen-bond acceptors (Lipinski definition) is 3. The largest absolute Gasteiger partial charge is 0.376 e.